The summed E-state index contributed by atoms with van der Waals surface area (Å²) in [6, 6.07) is 0. The van der Waals surface area contributed by atoms with Gasteiger partial charge in [0.1, 0.15) is 6.10 Å². The minimum Gasteiger partial charge on any atom is -0.442 e. The number of nitrogens with one attached hydrogen (secondary N) is 1. The van der Waals surface area contributed by atoms with Crippen LogP contribution in [0.4, 0.5) is 4.79 Å². The maximum Gasteiger partial charge on any atom is 0.407 e. The van der Waals surface area contributed by atoms with E-state index in [0.717, 1.165) is 19.3 Å². The minimum atomic E-state index is -0.381. The molecular weight excluding hydrogens is 272 g/mol. The van der Waals surface area contributed by atoms with Gasteiger partial charge >= 0.3 is 6.09 Å². The number of amides is 1. The van der Waals surface area contributed by atoms with Crippen molar-refractivity contribution in [2.75, 3.05) is 39.5 Å². The van der Waals surface area contributed by atoms with E-state index in [9.17, 15) is 4.79 Å². The highest BCUT2D eigenvalue weighted by molar-refractivity contribution is 5.67. The average Bonchev–Trinajstić information content (AvgIpc) is 2.44. The van der Waals surface area contributed by atoms with Gasteiger partial charge in [0, 0.05) is 13.1 Å². The first-order chi connectivity index (χ1) is 10.3. The summed E-state index contributed by atoms with van der Waals surface area (Å²) in [6.07, 6.45) is 9.11. The highest BCUT2D eigenvalue weighted by Crippen LogP contribution is 2.14. The van der Waals surface area contributed by atoms with Crippen molar-refractivity contribution in [3.8, 4) is 0 Å². The Balaban J connectivity index is 1.99. The number of rotatable bonds is 9. The highest BCUT2D eigenvalue weighted by atomic mass is 16.6. The van der Waals surface area contributed by atoms with E-state index in [4.69, 9.17) is 19.9 Å². The lowest BCUT2D eigenvalue weighted by atomic mass is 10.0. The number of hydrogen-bond donors (Lipinski definition) is 2. The third kappa shape index (κ3) is 10.3. The monoisotopic (exact) mass is 300 g/mol. The number of alkyl carbamates (subject to hydrolysis) is 1. The second-order valence-electron chi connectivity index (χ2n) is 4.95. The van der Waals surface area contributed by atoms with Gasteiger partial charge in [-0.2, -0.15) is 0 Å². The van der Waals surface area contributed by atoms with Gasteiger partial charge in [-0.15, -0.1) is 0 Å². The van der Waals surface area contributed by atoms with Crippen LogP contribution in [0.25, 0.3) is 0 Å². The Bertz CT molecular complexity index is 297. The van der Waals surface area contributed by atoms with Crippen molar-refractivity contribution < 1.29 is 19.0 Å². The van der Waals surface area contributed by atoms with Crippen molar-refractivity contribution in [2.24, 2.45) is 5.73 Å². The predicted molar refractivity (Wildman–Crippen MR) is 81.2 cm³/mol. The Labute approximate surface area is 127 Å². The highest BCUT2D eigenvalue weighted by Gasteiger charge is 2.11. The summed E-state index contributed by atoms with van der Waals surface area (Å²) in [4.78, 5) is 11.6. The molecule has 6 nitrogen and oxygen atoms in total. The third-order valence-electron chi connectivity index (χ3n) is 3.12. The van der Waals surface area contributed by atoms with E-state index in [0.29, 0.717) is 39.5 Å². The molecule has 6 heteroatoms. The van der Waals surface area contributed by atoms with Crippen molar-refractivity contribution in [3.63, 3.8) is 0 Å². The second kappa shape index (κ2) is 12.6. The Kier molecular flexibility index (Phi) is 10.8. The summed E-state index contributed by atoms with van der Waals surface area (Å²) in [7, 11) is 0. The smallest absolute Gasteiger partial charge is 0.407 e. The Morgan fingerprint density at radius 3 is 2.76 bits per heavy atom. The van der Waals surface area contributed by atoms with Crippen molar-refractivity contribution in [3.05, 3.63) is 12.2 Å². The van der Waals surface area contributed by atoms with E-state index in [1.54, 1.807) is 0 Å². The van der Waals surface area contributed by atoms with Crippen molar-refractivity contribution in [2.45, 2.75) is 38.2 Å². The fraction of sp³-hybridized carbons (Fsp3) is 0.800. The van der Waals surface area contributed by atoms with E-state index in [2.05, 4.69) is 11.4 Å². The first kappa shape index (κ1) is 17.9. The third-order valence-corrected chi connectivity index (χ3v) is 3.12. The molecule has 21 heavy (non-hydrogen) atoms. The van der Waals surface area contributed by atoms with Crippen LogP contribution in [-0.2, 0) is 14.2 Å². The fourth-order valence-corrected chi connectivity index (χ4v) is 2.04. The molecule has 0 aromatic heterocycles. The molecule has 1 rings (SSSR count). The van der Waals surface area contributed by atoms with Gasteiger partial charge in [0.05, 0.1) is 26.4 Å². The van der Waals surface area contributed by atoms with E-state index in [1.807, 2.05) is 6.08 Å². The largest absolute Gasteiger partial charge is 0.442 e. The van der Waals surface area contributed by atoms with Crippen LogP contribution < -0.4 is 11.1 Å². The maximum atomic E-state index is 11.6. The molecule has 0 saturated carbocycles. The first-order valence-corrected chi connectivity index (χ1v) is 7.79. The zero-order valence-electron chi connectivity index (χ0n) is 12.7. The van der Waals surface area contributed by atoms with Crippen molar-refractivity contribution in [1.82, 2.24) is 5.32 Å². The summed E-state index contributed by atoms with van der Waals surface area (Å²) >= 11 is 0. The van der Waals surface area contributed by atoms with Gasteiger partial charge in [0.2, 0.25) is 0 Å². The molecule has 0 bridgehead atoms. The number of carbonyl (C=O) groups is 1. The molecule has 0 fully saturated rings. The number of nitrogens with two attached hydrogens (primary N) is 1. The lowest BCUT2D eigenvalue weighted by Gasteiger charge is -2.16. The van der Waals surface area contributed by atoms with Gasteiger partial charge in [0.25, 0.3) is 0 Å². The van der Waals surface area contributed by atoms with E-state index in [-0.39, 0.29) is 12.2 Å². The molecule has 0 radical (unpaired) electrons. The standard InChI is InChI=1S/C15H28N2O4/c16-8-10-19-12-13-20-11-9-17-15(18)21-14-6-4-2-1-3-5-7-14/h4,6,14H,1-3,5,7-13,16H2,(H,17,18)/b6-4-. The summed E-state index contributed by atoms with van der Waals surface area (Å²) in [5.74, 6) is 0. The van der Waals surface area contributed by atoms with Crippen LogP contribution in [-0.4, -0.2) is 51.7 Å². The molecule has 1 amide bonds. The number of carbonyl (C=O) groups excluding carboxylic acids is 1. The molecule has 3 N–H and O–H groups in total. The zero-order valence-corrected chi connectivity index (χ0v) is 12.7. The Morgan fingerprint density at radius 2 is 1.95 bits per heavy atom. The van der Waals surface area contributed by atoms with Gasteiger partial charge in [0.15, 0.2) is 0 Å². The topological polar surface area (TPSA) is 82.8 Å². The quantitative estimate of drug-likeness (QED) is 0.499. The van der Waals surface area contributed by atoms with E-state index < -0.39 is 0 Å². The number of allylic oxidation sites excluding steroid dienone is 1. The summed E-state index contributed by atoms with van der Waals surface area (Å²) in [6.45, 7) is 2.97. The van der Waals surface area contributed by atoms with Crippen LogP contribution in [0.1, 0.15) is 32.1 Å². The molecule has 1 aliphatic rings. The molecule has 0 heterocycles. The molecule has 0 aliphatic heterocycles. The zero-order chi connectivity index (χ0) is 15.2. The molecule has 122 valence electrons. The Hall–Kier alpha value is -1.11. The molecule has 0 aromatic rings. The van der Waals surface area contributed by atoms with Gasteiger partial charge in [-0.1, -0.05) is 12.5 Å². The lowest BCUT2D eigenvalue weighted by molar-refractivity contribution is 0.0505. The average molecular weight is 300 g/mol. The predicted octanol–water partition coefficient (Wildman–Crippen LogP) is 1.59. The van der Waals surface area contributed by atoms with Crippen LogP contribution in [0, 0.1) is 0 Å². The van der Waals surface area contributed by atoms with Crippen LogP contribution in [0.5, 0.6) is 0 Å². The fourth-order valence-electron chi connectivity index (χ4n) is 2.04. The van der Waals surface area contributed by atoms with Crippen molar-refractivity contribution in [1.29, 1.82) is 0 Å². The Morgan fingerprint density at radius 1 is 1.14 bits per heavy atom. The molecule has 1 unspecified atom stereocenters. The summed E-state index contributed by atoms with van der Waals surface area (Å²) < 4.78 is 15.8. The van der Waals surface area contributed by atoms with Gasteiger partial charge < -0.3 is 25.3 Å². The van der Waals surface area contributed by atoms with Crippen LogP contribution in [0.2, 0.25) is 0 Å². The summed E-state index contributed by atoms with van der Waals surface area (Å²) in [5, 5.41) is 2.69. The molecule has 0 spiro atoms. The normalized spacial score (nSPS) is 20.3. The first-order valence-electron chi connectivity index (χ1n) is 7.79. The van der Waals surface area contributed by atoms with Crippen LogP contribution >= 0.6 is 0 Å². The van der Waals surface area contributed by atoms with Gasteiger partial charge in [-0.25, -0.2) is 4.79 Å². The maximum absolute atomic E-state index is 11.6. The van der Waals surface area contributed by atoms with Crippen LogP contribution in [0.15, 0.2) is 12.2 Å². The molecular formula is C15H28N2O4. The molecule has 0 saturated heterocycles. The van der Waals surface area contributed by atoms with Crippen LogP contribution in [0.3, 0.4) is 0 Å². The van der Waals surface area contributed by atoms with E-state index in [1.165, 1.54) is 12.8 Å². The van der Waals surface area contributed by atoms with Gasteiger partial charge in [-0.05, 0) is 31.8 Å². The number of ether oxygens (including phenoxy) is 3. The second-order valence-corrected chi connectivity index (χ2v) is 4.95. The number of hydrogen-bond acceptors (Lipinski definition) is 5. The lowest BCUT2D eigenvalue weighted by Crippen LogP contribution is -2.31. The summed E-state index contributed by atoms with van der Waals surface area (Å²) in [5.41, 5.74) is 5.29. The molecule has 1 aliphatic carbocycles. The van der Waals surface area contributed by atoms with Gasteiger partial charge in [-0.3, -0.25) is 0 Å². The SMILES string of the molecule is NCCOCCOCCNC(=O)OC1/C=C\CCCCC1. The minimum absolute atomic E-state index is 0.101. The van der Waals surface area contributed by atoms with Crippen molar-refractivity contribution >= 4 is 6.09 Å². The van der Waals surface area contributed by atoms with E-state index >= 15 is 0 Å². The molecule has 0 aromatic carbocycles. The molecule has 1 atom stereocenters.